The second-order valence-corrected chi connectivity index (χ2v) is 2.66. The maximum absolute atomic E-state index is 12.0. The van der Waals surface area contributed by atoms with Crippen LogP contribution < -0.4 is 0 Å². The Hall–Kier alpha value is -0.720. The predicted molar refractivity (Wildman–Crippen MR) is 37.2 cm³/mol. The molecule has 0 amide bonds. The standard InChI is InChI=1S/C5H5F3N3S/c1-11-3(5(6,7)8)9-10-4(11)12-2/h2H2,1H3. The SMILES string of the molecule is [CH2]Sc1nnc(C(F)(F)F)n1C. The van der Waals surface area contributed by atoms with Crippen LogP contribution in [0.3, 0.4) is 0 Å². The third-order valence-electron chi connectivity index (χ3n) is 1.22. The van der Waals surface area contributed by atoms with Crippen LogP contribution in [0.2, 0.25) is 0 Å². The third-order valence-corrected chi connectivity index (χ3v) is 1.83. The Labute approximate surface area is 71.0 Å². The van der Waals surface area contributed by atoms with E-state index >= 15 is 0 Å². The van der Waals surface area contributed by atoms with Gasteiger partial charge in [0, 0.05) is 13.3 Å². The largest absolute Gasteiger partial charge is 0.451 e. The van der Waals surface area contributed by atoms with Gasteiger partial charge < -0.3 is 4.57 Å². The molecule has 1 radical (unpaired) electrons. The van der Waals surface area contributed by atoms with E-state index in [1.807, 2.05) is 0 Å². The van der Waals surface area contributed by atoms with Crippen molar-refractivity contribution < 1.29 is 13.2 Å². The Balaban J connectivity index is 3.11. The van der Waals surface area contributed by atoms with Gasteiger partial charge in [-0.05, 0) is 0 Å². The summed E-state index contributed by atoms with van der Waals surface area (Å²) in [7, 11) is 1.25. The molecule has 0 atom stereocenters. The Morgan fingerprint density at radius 2 is 2.00 bits per heavy atom. The van der Waals surface area contributed by atoms with E-state index in [2.05, 4.69) is 16.5 Å². The molecule has 0 saturated heterocycles. The quantitative estimate of drug-likeness (QED) is 0.641. The molecular weight excluding hydrogens is 191 g/mol. The van der Waals surface area contributed by atoms with Crippen LogP contribution >= 0.6 is 11.8 Å². The van der Waals surface area contributed by atoms with Crippen molar-refractivity contribution >= 4 is 11.8 Å². The number of hydrogen-bond donors (Lipinski definition) is 0. The fourth-order valence-corrected chi connectivity index (χ4v) is 1.07. The molecule has 12 heavy (non-hydrogen) atoms. The van der Waals surface area contributed by atoms with Crippen molar-refractivity contribution in [3.8, 4) is 0 Å². The highest BCUT2D eigenvalue weighted by Gasteiger charge is 2.37. The minimum absolute atomic E-state index is 0.141. The molecule has 7 heteroatoms. The highest BCUT2D eigenvalue weighted by atomic mass is 32.2. The van der Waals surface area contributed by atoms with Crippen LogP contribution in [0.25, 0.3) is 0 Å². The Morgan fingerprint density at radius 3 is 2.25 bits per heavy atom. The minimum atomic E-state index is -4.45. The van der Waals surface area contributed by atoms with E-state index in [9.17, 15) is 13.2 Å². The van der Waals surface area contributed by atoms with Gasteiger partial charge in [-0.2, -0.15) is 13.2 Å². The number of alkyl halides is 3. The molecule has 1 rings (SSSR count). The normalized spacial score (nSPS) is 12.1. The zero-order valence-electron chi connectivity index (χ0n) is 6.09. The number of thioether (sulfide) groups is 1. The second-order valence-electron chi connectivity index (χ2n) is 2.01. The Morgan fingerprint density at radius 1 is 1.42 bits per heavy atom. The van der Waals surface area contributed by atoms with Crippen molar-refractivity contribution in [3.63, 3.8) is 0 Å². The lowest BCUT2D eigenvalue weighted by molar-refractivity contribution is -0.147. The molecule has 0 aromatic carbocycles. The molecule has 0 unspecified atom stereocenters. The number of aromatic nitrogens is 3. The Bertz CT molecular complexity index is 280. The van der Waals surface area contributed by atoms with Gasteiger partial charge in [-0.25, -0.2) is 0 Å². The fraction of sp³-hybridized carbons (Fsp3) is 0.400. The molecule has 0 aliphatic heterocycles. The third kappa shape index (κ3) is 1.55. The summed E-state index contributed by atoms with van der Waals surface area (Å²) in [4.78, 5) is 0. The van der Waals surface area contributed by atoms with E-state index in [1.54, 1.807) is 0 Å². The van der Waals surface area contributed by atoms with Crippen LogP contribution in [0, 0.1) is 6.26 Å². The van der Waals surface area contributed by atoms with Gasteiger partial charge >= 0.3 is 6.18 Å². The first-order valence-corrected chi connectivity index (χ1v) is 3.84. The van der Waals surface area contributed by atoms with Crippen LogP contribution in [0.1, 0.15) is 5.82 Å². The van der Waals surface area contributed by atoms with E-state index < -0.39 is 12.0 Å². The summed E-state index contributed by atoms with van der Waals surface area (Å²) < 4.78 is 37.0. The van der Waals surface area contributed by atoms with Crippen molar-refractivity contribution in [2.75, 3.05) is 0 Å². The summed E-state index contributed by atoms with van der Waals surface area (Å²) >= 11 is 0.872. The predicted octanol–water partition coefficient (Wildman–Crippen LogP) is 1.72. The van der Waals surface area contributed by atoms with Gasteiger partial charge in [0.2, 0.25) is 5.82 Å². The van der Waals surface area contributed by atoms with Crippen LogP contribution in [0.15, 0.2) is 5.16 Å². The molecule has 0 spiro atoms. The van der Waals surface area contributed by atoms with E-state index in [-0.39, 0.29) is 5.16 Å². The minimum Gasteiger partial charge on any atom is -0.302 e. The van der Waals surface area contributed by atoms with Crippen molar-refractivity contribution in [1.82, 2.24) is 14.8 Å². The molecule has 0 fully saturated rings. The van der Waals surface area contributed by atoms with Gasteiger partial charge in [0.1, 0.15) is 0 Å². The molecular formula is C5H5F3N3S. The topological polar surface area (TPSA) is 30.7 Å². The lowest BCUT2D eigenvalue weighted by Crippen LogP contribution is -2.12. The first-order chi connectivity index (χ1) is 5.46. The number of halogens is 3. The monoisotopic (exact) mass is 196 g/mol. The highest BCUT2D eigenvalue weighted by molar-refractivity contribution is 8.00. The summed E-state index contributed by atoms with van der Waals surface area (Å²) in [6.07, 6.45) is -1.11. The van der Waals surface area contributed by atoms with Crippen LogP contribution in [-0.2, 0) is 13.2 Å². The van der Waals surface area contributed by atoms with Gasteiger partial charge in [0.15, 0.2) is 5.16 Å². The van der Waals surface area contributed by atoms with E-state index in [4.69, 9.17) is 0 Å². The molecule has 0 aliphatic carbocycles. The first kappa shape index (κ1) is 9.37. The molecule has 67 valence electrons. The summed E-state index contributed by atoms with van der Waals surface area (Å²) in [5.41, 5.74) is 0. The highest BCUT2D eigenvalue weighted by Crippen LogP contribution is 2.28. The molecule has 1 aromatic rings. The zero-order valence-corrected chi connectivity index (χ0v) is 6.91. The van der Waals surface area contributed by atoms with Gasteiger partial charge in [0.25, 0.3) is 0 Å². The maximum Gasteiger partial charge on any atom is 0.451 e. The first-order valence-electron chi connectivity index (χ1n) is 2.85. The van der Waals surface area contributed by atoms with Crippen LogP contribution in [-0.4, -0.2) is 14.8 Å². The zero-order chi connectivity index (χ0) is 9.35. The van der Waals surface area contributed by atoms with Crippen molar-refractivity contribution in [2.45, 2.75) is 11.3 Å². The molecule has 0 N–H and O–H groups in total. The summed E-state index contributed by atoms with van der Waals surface area (Å²) in [5.74, 6) is -1.01. The van der Waals surface area contributed by atoms with Crippen molar-refractivity contribution in [1.29, 1.82) is 0 Å². The van der Waals surface area contributed by atoms with E-state index in [0.717, 1.165) is 16.3 Å². The van der Waals surface area contributed by atoms with Gasteiger partial charge in [-0.1, -0.05) is 11.8 Å². The van der Waals surface area contributed by atoms with Gasteiger partial charge in [-0.15, -0.1) is 10.2 Å². The molecule has 1 heterocycles. The molecule has 0 bridgehead atoms. The number of hydrogen-bond acceptors (Lipinski definition) is 3. The molecule has 3 nitrogen and oxygen atoms in total. The Kier molecular flexibility index (Phi) is 2.31. The van der Waals surface area contributed by atoms with E-state index in [1.165, 1.54) is 7.05 Å². The van der Waals surface area contributed by atoms with Crippen LogP contribution in [0.4, 0.5) is 13.2 Å². The maximum atomic E-state index is 12.0. The smallest absolute Gasteiger partial charge is 0.302 e. The van der Waals surface area contributed by atoms with Crippen molar-refractivity contribution in [2.24, 2.45) is 7.05 Å². The average molecular weight is 196 g/mol. The summed E-state index contributed by atoms with van der Waals surface area (Å²) in [6.45, 7) is 0. The second kappa shape index (κ2) is 2.96. The van der Waals surface area contributed by atoms with Crippen LogP contribution in [0.5, 0.6) is 0 Å². The lowest BCUT2D eigenvalue weighted by atomic mass is 10.6. The molecule has 0 aliphatic rings. The number of nitrogens with zero attached hydrogens (tertiary/aromatic N) is 3. The summed E-state index contributed by atoms with van der Waals surface area (Å²) in [6, 6.07) is 0. The summed E-state index contributed by atoms with van der Waals surface area (Å²) in [5, 5.41) is 6.42. The number of rotatable bonds is 1. The average Bonchev–Trinajstić information content (AvgIpc) is 2.29. The van der Waals surface area contributed by atoms with Gasteiger partial charge in [-0.3, -0.25) is 0 Å². The fourth-order valence-electron chi connectivity index (χ4n) is 0.687. The molecule has 1 aromatic heterocycles. The van der Waals surface area contributed by atoms with Crippen molar-refractivity contribution in [3.05, 3.63) is 12.1 Å². The van der Waals surface area contributed by atoms with E-state index in [0.29, 0.717) is 0 Å². The van der Waals surface area contributed by atoms with Gasteiger partial charge in [0.05, 0.1) is 0 Å². The molecule has 0 saturated carbocycles. The lowest BCUT2D eigenvalue weighted by Gasteiger charge is -2.04.